The fourth-order valence-corrected chi connectivity index (χ4v) is 5.74. The van der Waals surface area contributed by atoms with Gasteiger partial charge in [-0.05, 0) is 51.3 Å². The predicted molar refractivity (Wildman–Crippen MR) is 115 cm³/mol. The van der Waals surface area contributed by atoms with E-state index in [4.69, 9.17) is 0 Å². The summed E-state index contributed by atoms with van der Waals surface area (Å²) in [6, 6.07) is 11.6. The highest BCUT2D eigenvalue weighted by atomic mass is 16.2. The Labute approximate surface area is 175 Å². The minimum atomic E-state index is 0.256. The second-order valence-corrected chi connectivity index (χ2v) is 9.02. The van der Waals surface area contributed by atoms with Gasteiger partial charge in [-0.15, -0.1) is 0 Å². The summed E-state index contributed by atoms with van der Waals surface area (Å²) in [7, 11) is 2.24. The van der Waals surface area contributed by atoms with Crippen molar-refractivity contribution in [2.24, 2.45) is 0 Å². The highest BCUT2D eigenvalue weighted by molar-refractivity contribution is 5.78. The van der Waals surface area contributed by atoms with Gasteiger partial charge in [0.1, 0.15) is 0 Å². The quantitative estimate of drug-likeness (QED) is 0.766. The molecule has 0 N–H and O–H groups in total. The molecule has 0 unspecified atom stereocenters. The lowest BCUT2D eigenvalue weighted by Crippen LogP contribution is -2.58. The first-order chi connectivity index (χ1) is 14.1. The van der Waals surface area contributed by atoms with Crippen LogP contribution in [0.25, 0.3) is 0 Å². The summed E-state index contributed by atoms with van der Waals surface area (Å²) in [5, 5.41) is 0. The van der Waals surface area contributed by atoms with Crippen molar-refractivity contribution in [2.45, 2.75) is 69.4 Å². The Bertz CT molecular complexity index is 707. The van der Waals surface area contributed by atoms with Crippen LogP contribution < -0.4 is 0 Å². The minimum Gasteiger partial charge on any atom is -0.343 e. The molecule has 5 heteroatoms. The number of carbonyl (C=O) groups excluding carboxylic acids is 2. The van der Waals surface area contributed by atoms with Crippen molar-refractivity contribution < 1.29 is 9.59 Å². The third-order valence-corrected chi connectivity index (χ3v) is 7.20. The van der Waals surface area contributed by atoms with E-state index in [1.54, 1.807) is 0 Å². The van der Waals surface area contributed by atoms with E-state index in [0.29, 0.717) is 30.8 Å². The van der Waals surface area contributed by atoms with Crippen LogP contribution in [0.5, 0.6) is 0 Å². The summed E-state index contributed by atoms with van der Waals surface area (Å²) in [6.45, 7) is 3.57. The summed E-state index contributed by atoms with van der Waals surface area (Å²) in [6.07, 6.45) is 7.54. The van der Waals surface area contributed by atoms with Crippen LogP contribution in [-0.2, 0) is 9.59 Å². The van der Waals surface area contributed by atoms with Gasteiger partial charge in [-0.2, -0.15) is 0 Å². The molecule has 4 rings (SSSR count). The number of hydrogen-bond acceptors (Lipinski definition) is 3. The van der Waals surface area contributed by atoms with Crippen LogP contribution in [0.2, 0.25) is 0 Å². The van der Waals surface area contributed by atoms with E-state index >= 15 is 0 Å². The van der Waals surface area contributed by atoms with Crippen LogP contribution in [0.4, 0.5) is 0 Å². The Balaban J connectivity index is 1.44. The molecule has 0 saturated carbocycles. The first-order valence-electron chi connectivity index (χ1n) is 11.5. The molecule has 3 fully saturated rings. The van der Waals surface area contributed by atoms with Crippen molar-refractivity contribution in [3.8, 4) is 0 Å². The molecule has 3 saturated heterocycles. The van der Waals surface area contributed by atoms with E-state index in [-0.39, 0.29) is 11.8 Å². The van der Waals surface area contributed by atoms with Crippen molar-refractivity contribution >= 4 is 11.8 Å². The molecule has 0 aromatic heterocycles. The van der Waals surface area contributed by atoms with Gasteiger partial charge in [-0.3, -0.25) is 9.59 Å². The highest BCUT2D eigenvalue weighted by Gasteiger charge is 2.43. The molecule has 0 radical (unpaired) electrons. The van der Waals surface area contributed by atoms with Crippen LogP contribution >= 0.6 is 0 Å². The summed E-state index contributed by atoms with van der Waals surface area (Å²) in [4.78, 5) is 31.6. The number of piperidine rings is 1. The minimum absolute atomic E-state index is 0.256. The van der Waals surface area contributed by atoms with Gasteiger partial charge in [0.2, 0.25) is 11.8 Å². The zero-order valence-corrected chi connectivity index (χ0v) is 17.8. The smallest absolute Gasteiger partial charge is 0.222 e. The number of hydrogen-bond donors (Lipinski definition) is 0. The van der Waals surface area contributed by atoms with Gasteiger partial charge in [0.15, 0.2) is 0 Å². The summed E-state index contributed by atoms with van der Waals surface area (Å²) >= 11 is 0. The number of likely N-dealkylation sites (N-methyl/N-ethyl adjacent to an activating group) is 1. The van der Waals surface area contributed by atoms with Crippen molar-refractivity contribution in [3.63, 3.8) is 0 Å². The van der Waals surface area contributed by atoms with Crippen LogP contribution in [0.15, 0.2) is 30.3 Å². The summed E-state index contributed by atoms with van der Waals surface area (Å²) in [5.41, 5.74) is 1.41. The Morgan fingerprint density at radius 1 is 1.03 bits per heavy atom. The standard InChI is InChI=1S/C24H35N3O2/c1-25-15-6-5-11-21-24(25)20(19-9-3-2-4-10-19)14-18-27(21)23(29)13-8-17-26-16-7-12-22(26)28/h2-4,9-10,20-21,24H,5-8,11-18H2,1H3/t20-,21-,24-/m1/s1. The van der Waals surface area contributed by atoms with Crippen molar-refractivity contribution in [1.29, 1.82) is 0 Å². The first kappa shape index (κ1) is 20.4. The van der Waals surface area contributed by atoms with Crippen LogP contribution in [0, 0.1) is 0 Å². The Morgan fingerprint density at radius 3 is 2.62 bits per heavy atom. The van der Waals surface area contributed by atoms with E-state index < -0.39 is 0 Å². The number of nitrogens with zero attached hydrogens (tertiary/aromatic N) is 3. The molecule has 3 aliphatic rings. The maximum atomic E-state index is 13.2. The lowest BCUT2D eigenvalue weighted by atomic mass is 9.79. The lowest BCUT2D eigenvalue weighted by Gasteiger charge is -2.48. The fraction of sp³-hybridized carbons (Fsp3) is 0.667. The SMILES string of the molecule is CN1CCCC[C@@H]2[C@H]1[C@@H](c1ccccc1)CCN2C(=O)CCCN1CCCC1=O. The largest absolute Gasteiger partial charge is 0.343 e. The molecule has 5 nitrogen and oxygen atoms in total. The summed E-state index contributed by atoms with van der Waals surface area (Å²) < 4.78 is 0. The molecule has 0 bridgehead atoms. The Kier molecular flexibility index (Phi) is 6.53. The molecule has 0 aliphatic carbocycles. The van der Waals surface area contributed by atoms with Crippen molar-refractivity contribution in [2.75, 3.05) is 33.2 Å². The number of carbonyl (C=O) groups is 2. The molecule has 0 spiro atoms. The number of likely N-dealkylation sites (tertiary alicyclic amines) is 3. The normalized spacial score (nSPS) is 28.3. The van der Waals surface area contributed by atoms with Crippen molar-refractivity contribution in [3.05, 3.63) is 35.9 Å². The zero-order valence-electron chi connectivity index (χ0n) is 17.8. The molecule has 1 aromatic rings. The second kappa shape index (κ2) is 9.29. The predicted octanol–water partition coefficient (Wildman–Crippen LogP) is 3.26. The van der Waals surface area contributed by atoms with E-state index in [1.165, 1.54) is 18.4 Å². The third-order valence-electron chi connectivity index (χ3n) is 7.20. The van der Waals surface area contributed by atoms with Gasteiger partial charge < -0.3 is 14.7 Å². The highest BCUT2D eigenvalue weighted by Crippen LogP contribution is 2.38. The zero-order chi connectivity index (χ0) is 20.2. The average molecular weight is 398 g/mol. The molecule has 1 aromatic carbocycles. The molecule has 158 valence electrons. The van der Waals surface area contributed by atoms with Gasteiger partial charge in [0, 0.05) is 50.5 Å². The molecular weight excluding hydrogens is 362 g/mol. The average Bonchev–Trinajstić information content (AvgIpc) is 3.05. The molecule has 3 aliphatic heterocycles. The Morgan fingerprint density at radius 2 is 1.86 bits per heavy atom. The van der Waals surface area contributed by atoms with E-state index in [0.717, 1.165) is 51.9 Å². The van der Waals surface area contributed by atoms with E-state index in [1.807, 2.05) is 4.90 Å². The van der Waals surface area contributed by atoms with Crippen LogP contribution in [0.1, 0.15) is 62.8 Å². The van der Waals surface area contributed by atoms with Gasteiger partial charge in [-0.1, -0.05) is 36.8 Å². The first-order valence-corrected chi connectivity index (χ1v) is 11.5. The van der Waals surface area contributed by atoms with Gasteiger partial charge in [0.25, 0.3) is 0 Å². The van der Waals surface area contributed by atoms with Crippen LogP contribution in [0.3, 0.4) is 0 Å². The second-order valence-electron chi connectivity index (χ2n) is 9.02. The lowest BCUT2D eigenvalue weighted by molar-refractivity contribution is -0.138. The van der Waals surface area contributed by atoms with E-state index in [2.05, 4.69) is 47.2 Å². The Hall–Kier alpha value is -1.88. The van der Waals surface area contributed by atoms with E-state index in [9.17, 15) is 9.59 Å². The molecule has 3 heterocycles. The molecular formula is C24H35N3O2. The molecule has 2 amide bonds. The molecule has 3 atom stereocenters. The van der Waals surface area contributed by atoms with Crippen LogP contribution in [-0.4, -0.2) is 71.8 Å². The van der Waals surface area contributed by atoms with Gasteiger partial charge in [-0.25, -0.2) is 0 Å². The number of benzene rings is 1. The van der Waals surface area contributed by atoms with Gasteiger partial charge >= 0.3 is 0 Å². The number of rotatable bonds is 5. The third kappa shape index (κ3) is 4.50. The monoisotopic (exact) mass is 397 g/mol. The maximum absolute atomic E-state index is 13.2. The fourth-order valence-electron chi connectivity index (χ4n) is 5.74. The molecule has 29 heavy (non-hydrogen) atoms. The number of fused-ring (bicyclic) bond motifs is 1. The maximum Gasteiger partial charge on any atom is 0.222 e. The van der Waals surface area contributed by atoms with Gasteiger partial charge in [0.05, 0.1) is 0 Å². The van der Waals surface area contributed by atoms with Crippen molar-refractivity contribution in [1.82, 2.24) is 14.7 Å². The number of amides is 2. The topological polar surface area (TPSA) is 43.9 Å². The summed E-state index contributed by atoms with van der Waals surface area (Å²) in [5.74, 6) is 1.04.